The van der Waals surface area contributed by atoms with Gasteiger partial charge in [0.1, 0.15) is 0 Å². The minimum atomic E-state index is -4.34. The Morgan fingerprint density at radius 1 is 1.38 bits per heavy atom. The minimum Gasteiger partial charge on any atom is -0.502 e. The summed E-state index contributed by atoms with van der Waals surface area (Å²) in [7, 11) is 2.27. The number of methoxy groups -OCH3 is 1. The molecule has 1 N–H and O–H groups in total. The maximum atomic E-state index is 12.0. The van der Waals surface area contributed by atoms with E-state index in [1.165, 1.54) is 13.4 Å². The van der Waals surface area contributed by atoms with Crippen molar-refractivity contribution in [1.82, 2.24) is 4.98 Å². The second-order valence-electron chi connectivity index (χ2n) is 4.46. The average Bonchev–Trinajstić information content (AvgIpc) is 2.56. The van der Waals surface area contributed by atoms with Crippen LogP contribution in [-0.2, 0) is 10.9 Å². The van der Waals surface area contributed by atoms with Gasteiger partial charge >= 0.3 is 6.18 Å². The Bertz CT molecular complexity index is 545. The first-order valence-corrected chi connectivity index (χ1v) is 7.41. The number of halogens is 4. The molecule has 0 saturated carbocycles. The predicted octanol–water partition coefficient (Wildman–Crippen LogP) is 4.80. The quantitative estimate of drug-likeness (QED) is 0.569. The highest BCUT2D eigenvalue weighted by molar-refractivity contribution is 6.25. The molecule has 0 saturated heterocycles. The van der Waals surface area contributed by atoms with E-state index in [4.69, 9.17) is 26.7 Å². The summed E-state index contributed by atoms with van der Waals surface area (Å²) in [5.41, 5.74) is -0.755. The highest BCUT2D eigenvalue weighted by atomic mass is 35.5. The van der Waals surface area contributed by atoms with Crippen LogP contribution in [-0.4, -0.2) is 35.8 Å². The van der Waals surface area contributed by atoms with Crippen LogP contribution in [0.25, 0.3) is 0 Å². The second-order valence-corrected chi connectivity index (χ2v) is 5.32. The zero-order valence-corrected chi connectivity index (χ0v) is 15.2. The van der Waals surface area contributed by atoms with Gasteiger partial charge < -0.3 is 14.6 Å². The Labute approximate surface area is 158 Å². The van der Waals surface area contributed by atoms with Crippen molar-refractivity contribution in [3.05, 3.63) is 36.2 Å². The standard InChI is InChI=1S/C8H12ClNO.C7H6F3NO.CH4O.CH4/c1-3-11-7-5-8(2,9)4-6-10;1-12-6-4-5(2-3-11-6)7(8,9)10;1-2;/h5,7H,3-4H2,1-2H3;2-4H,1H3;2H,1H3;1H4/b7-5+;;;. The number of nitrogens with zero attached hydrogens (tertiary/aromatic N) is 2. The third-order valence-corrected chi connectivity index (χ3v) is 2.63. The number of allylic oxidation sites excluding steroid dienone is 1. The number of aliphatic hydroxyl groups is 1. The van der Waals surface area contributed by atoms with Crippen LogP contribution in [0.15, 0.2) is 30.7 Å². The minimum absolute atomic E-state index is 0. The molecule has 0 fully saturated rings. The third-order valence-electron chi connectivity index (χ3n) is 2.37. The highest BCUT2D eigenvalue weighted by Crippen LogP contribution is 2.30. The van der Waals surface area contributed by atoms with Crippen LogP contribution in [0.5, 0.6) is 5.88 Å². The lowest BCUT2D eigenvalue weighted by atomic mass is 10.1. The Morgan fingerprint density at radius 2 is 1.96 bits per heavy atom. The molecular formula is C17H26ClF3N2O3. The van der Waals surface area contributed by atoms with Gasteiger partial charge in [-0.1, -0.05) is 7.43 Å². The van der Waals surface area contributed by atoms with Crippen LogP contribution in [0.4, 0.5) is 13.2 Å². The Morgan fingerprint density at radius 3 is 2.38 bits per heavy atom. The van der Waals surface area contributed by atoms with Gasteiger partial charge in [0.25, 0.3) is 0 Å². The topological polar surface area (TPSA) is 75.4 Å². The summed E-state index contributed by atoms with van der Waals surface area (Å²) in [5, 5.41) is 15.3. The number of pyridine rings is 1. The second kappa shape index (κ2) is 15.3. The summed E-state index contributed by atoms with van der Waals surface area (Å²) in [5.74, 6) is -0.0372. The number of rotatable bonds is 5. The molecule has 0 spiro atoms. The molecule has 9 heteroatoms. The summed E-state index contributed by atoms with van der Waals surface area (Å²) in [6.45, 7) is 4.28. The van der Waals surface area contributed by atoms with Gasteiger partial charge in [0, 0.05) is 19.4 Å². The summed E-state index contributed by atoms with van der Waals surface area (Å²) >= 11 is 5.88. The normalized spacial score (nSPS) is 12.2. The Kier molecular flexibility index (Phi) is 16.9. The van der Waals surface area contributed by atoms with E-state index in [1.54, 1.807) is 13.0 Å². The van der Waals surface area contributed by atoms with Gasteiger partial charge in [-0.3, -0.25) is 0 Å². The average molecular weight is 399 g/mol. The molecule has 0 aliphatic heterocycles. The number of aliphatic hydroxyl groups excluding tert-OH is 1. The molecule has 0 aliphatic rings. The maximum absolute atomic E-state index is 12.0. The SMILES string of the molecule is C.CCO/C=C/C(C)(Cl)CC#N.CO.COc1cc(C(F)(F)F)ccn1. The smallest absolute Gasteiger partial charge is 0.416 e. The molecule has 1 rings (SSSR count). The molecule has 0 radical (unpaired) electrons. The van der Waals surface area contributed by atoms with Crippen molar-refractivity contribution in [1.29, 1.82) is 5.26 Å². The summed E-state index contributed by atoms with van der Waals surface area (Å²) in [6.07, 6.45) is 0.224. The Balaban J connectivity index is -0.000000360. The van der Waals surface area contributed by atoms with Crippen molar-refractivity contribution < 1.29 is 27.8 Å². The predicted molar refractivity (Wildman–Crippen MR) is 95.9 cm³/mol. The van der Waals surface area contributed by atoms with Crippen molar-refractivity contribution in [2.24, 2.45) is 0 Å². The van der Waals surface area contributed by atoms with E-state index in [0.717, 1.165) is 25.4 Å². The molecule has 0 aliphatic carbocycles. The van der Waals surface area contributed by atoms with Crippen molar-refractivity contribution in [3.8, 4) is 11.9 Å². The lowest BCUT2D eigenvalue weighted by Gasteiger charge is -2.11. The third kappa shape index (κ3) is 14.4. The molecule has 1 aromatic rings. The molecule has 26 heavy (non-hydrogen) atoms. The highest BCUT2D eigenvalue weighted by Gasteiger charge is 2.30. The van der Waals surface area contributed by atoms with Crippen molar-refractivity contribution in [2.45, 2.75) is 38.7 Å². The first-order valence-electron chi connectivity index (χ1n) is 7.03. The largest absolute Gasteiger partial charge is 0.502 e. The fourth-order valence-electron chi connectivity index (χ4n) is 1.20. The fourth-order valence-corrected chi connectivity index (χ4v) is 1.31. The number of aromatic nitrogens is 1. The zero-order chi connectivity index (χ0) is 19.9. The van der Waals surface area contributed by atoms with E-state index in [9.17, 15) is 13.2 Å². The van der Waals surface area contributed by atoms with E-state index in [2.05, 4.69) is 9.72 Å². The molecule has 1 aromatic heterocycles. The molecule has 1 heterocycles. The van der Waals surface area contributed by atoms with E-state index in [0.29, 0.717) is 6.61 Å². The summed E-state index contributed by atoms with van der Waals surface area (Å²) < 4.78 is 45.5. The molecule has 0 amide bonds. The van der Waals surface area contributed by atoms with Crippen molar-refractivity contribution in [2.75, 3.05) is 20.8 Å². The van der Waals surface area contributed by atoms with Crippen LogP contribution in [0, 0.1) is 11.3 Å². The Hall–Kier alpha value is -1.98. The van der Waals surface area contributed by atoms with Gasteiger partial charge in [-0.25, -0.2) is 4.98 Å². The molecule has 0 bridgehead atoms. The van der Waals surface area contributed by atoms with Crippen LogP contribution < -0.4 is 4.74 Å². The van der Waals surface area contributed by atoms with E-state index in [-0.39, 0.29) is 19.7 Å². The number of nitriles is 1. The van der Waals surface area contributed by atoms with Crippen molar-refractivity contribution >= 4 is 11.6 Å². The number of alkyl halides is 4. The van der Waals surface area contributed by atoms with Gasteiger partial charge in [-0.2, -0.15) is 18.4 Å². The molecule has 1 unspecified atom stereocenters. The van der Waals surface area contributed by atoms with Gasteiger partial charge in [0.2, 0.25) is 5.88 Å². The number of hydrogen-bond donors (Lipinski definition) is 1. The molecule has 1 atom stereocenters. The molecule has 0 aromatic carbocycles. The first-order chi connectivity index (χ1) is 11.7. The first kappa shape index (κ1) is 28.8. The van der Waals surface area contributed by atoms with Gasteiger partial charge in [-0.05, 0) is 26.0 Å². The number of ether oxygens (including phenoxy) is 2. The van der Waals surface area contributed by atoms with E-state index < -0.39 is 16.6 Å². The lowest BCUT2D eigenvalue weighted by Crippen LogP contribution is -2.10. The van der Waals surface area contributed by atoms with Crippen LogP contribution in [0.2, 0.25) is 0 Å². The molecule has 150 valence electrons. The van der Waals surface area contributed by atoms with Gasteiger partial charge in [0.15, 0.2) is 0 Å². The van der Waals surface area contributed by atoms with Crippen LogP contribution >= 0.6 is 11.6 Å². The van der Waals surface area contributed by atoms with Gasteiger partial charge in [0.05, 0.1) is 42.9 Å². The van der Waals surface area contributed by atoms with Crippen LogP contribution in [0.1, 0.15) is 33.3 Å². The summed E-state index contributed by atoms with van der Waals surface area (Å²) in [6, 6.07) is 3.73. The molecule has 5 nitrogen and oxygen atoms in total. The van der Waals surface area contributed by atoms with Gasteiger partial charge in [-0.15, -0.1) is 11.6 Å². The van der Waals surface area contributed by atoms with E-state index >= 15 is 0 Å². The monoisotopic (exact) mass is 398 g/mol. The summed E-state index contributed by atoms with van der Waals surface area (Å²) in [4.78, 5) is 2.96. The van der Waals surface area contributed by atoms with Crippen LogP contribution in [0.3, 0.4) is 0 Å². The maximum Gasteiger partial charge on any atom is 0.416 e. The fraction of sp³-hybridized carbons (Fsp3) is 0.529. The van der Waals surface area contributed by atoms with Crippen molar-refractivity contribution in [3.63, 3.8) is 0 Å². The lowest BCUT2D eigenvalue weighted by molar-refractivity contribution is -0.137. The zero-order valence-electron chi connectivity index (χ0n) is 14.5. The van der Waals surface area contributed by atoms with E-state index in [1.807, 2.05) is 13.0 Å². The molecular weight excluding hydrogens is 373 g/mol. The number of hydrogen-bond acceptors (Lipinski definition) is 5.